The van der Waals surface area contributed by atoms with Crippen molar-refractivity contribution < 1.29 is 40.6 Å². The predicted molar refractivity (Wildman–Crippen MR) is 341 cm³/mol. The topological polar surface area (TPSA) is 12.5 Å². The molecular formula is C66H153N9O+8. The van der Waals surface area contributed by atoms with E-state index in [1.807, 2.05) is 0 Å². The molecule has 0 atom stereocenters. The number of piperidine rings is 1. The number of likely N-dealkylation sites (N-methyl/N-ethyl adjacent to an activating group) is 5. The smallest absolute Gasteiger partial charge is 0.129 e. The molecule has 0 N–H and O–H groups in total. The van der Waals surface area contributed by atoms with Crippen LogP contribution in [0.3, 0.4) is 0 Å². The van der Waals surface area contributed by atoms with Crippen molar-refractivity contribution >= 4 is 0 Å². The molecule has 5 heterocycles. The fourth-order valence-corrected chi connectivity index (χ4v) is 10.7. The van der Waals surface area contributed by atoms with Crippen molar-refractivity contribution in [1.82, 2.24) is 4.90 Å². The van der Waals surface area contributed by atoms with Gasteiger partial charge in [0, 0.05) is 25.9 Å². The molecule has 0 aromatic carbocycles. The largest absolute Gasteiger partial charge is 0.370 e. The molecule has 5 rings (SSSR count). The fraction of sp³-hybridized carbons (Fsp3) is 1.00. The van der Waals surface area contributed by atoms with E-state index < -0.39 is 0 Å². The molecule has 0 spiro atoms. The van der Waals surface area contributed by atoms with Gasteiger partial charge in [-0.25, -0.2) is 0 Å². The number of piperazine rings is 2. The molecule has 0 unspecified atom stereocenters. The van der Waals surface area contributed by atoms with Crippen molar-refractivity contribution in [2.24, 2.45) is 0 Å². The van der Waals surface area contributed by atoms with Crippen molar-refractivity contribution in [2.45, 2.75) is 237 Å². The van der Waals surface area contributed by atoms with Crippen LogP contribution < -0.4 is 0 Å². The van der Waals surface area contributed by atoms with Crippen LogP contribution in [-0.2, 0) is 4.74 Å². The Morgan fingerprint density at radius 2 is 0.579 bits per heavy atom. The van der Waals surface area contributed by atoms with Gasteiger partial charge in [-0.1, -0.05) is 0 Å². The standard InChI is InChI=1S/C11H26N2.C10H23N2.C10H22N.C10H24N.C9H20NO.C9H20N.C7H18N/c1-11(2,3)13(6)9-7-12(4,5)8-10-13;1-10(2,3)12(5)8-6-11(4)7-9-12;1-10(2,3)11(4)8-6-5-7-9-11;1-7-11(8-2,9-3)10(4,5)6;1-9(2,3)10(4)5-7-11-8-6-10;1-9(2,3)10(4)7-5-6-8-10;1-7(2,3)8(4,5)6/h7-10H2,1-6H3;6-9H2,1-5H3;5-9H2,1-4H3;7-9H2,1-6H3;5-8H2,1-4H3;5-8H2,1-4H3;1-6H3/q+2;6*+1. The lowest BCUT2D eigenvalue weighted by atomic mass is 9.97. The van der Waals surface area contributed by atoms with Crippen LogP contribution in [0.2, 0.25) is 0 Å². The van der Waals surface area contributed by atoms with Gasteiger partial charge in [-0.2, -0.15) is 0 Å². The summed E-state index contributed by atoms with van der Waals surface area (Å²) in [5.74, 6) is 0. The van der Waals surface area contributed by atoms with Crippen molar-refractivity contribution in [3.05, 3.63) is 0 Å². The van der Waals surface area contributed by atoms with E-state index in [0.29, 0.717) is 38.8 Å². The molecule has 10 heteroatoms. The summed E-state index contributed by atoms with van der Waals surface area (Å²) in [7, 11) is 25.4. The van der Waals surface area contributed by atoms with E-state index in [4.69, 9.17) is 4.74 Å². The average molecular weight is 1090 g/mol. The summed E-state index contributed by atoms with van der Waals surface area (Å²) in [6.07, 6.45) is 7.15. The van der Waals surface area contributed by atoms with Gasteiger partial charge in [0.15, 0.2) is 0 Å². The number of quaternary nitrogens is 8. The van der Waals surface area contributed by atoms with E-state index in [0.717, 1.165) is 35.3 Å². The lowest BCUT2D eigenvalue weighted by Crippen LogP contribution is -2.68. The lowest BCUT2D eigenvalue weighted by Gasteiger charge is -2.51. The highest BCUT2D eigenvalue weighted by Crippen LogP contribution is 2.30. The molecule has 0 bridgehead atoms. The van der Waals surface area contributed by atoms with Crippen molar-refractivity contribution in [3.63, 3.8) is 0 Å². The van der Waals surface area contributed by atoms with Gasteiger partial charge < -0.3 is 40.6 Å². The summed E-state index contributed by atoms with van der Waals surface area (Å²) in [6.45, 7) is 79.5. The Kier molecular flexibility index (Phi) is 29.9. The molecule has 0 aromatic heterocycles. The molecule has 10 nitrogen and oxygen atoms in total. The van der Waals surface area contributed by atoms with E-state index >= 15 is 0 Å². The first-order valence-corrected chi connectivity index (χ1v) is 31.6. The number of ether oxygens (including phenoxy) is 1. The minimum atomic E-state index is 0.365. The molecule has 0 radical (unpaired) electrons. The van der Waals surface area contributed by atoms with E-state index in [1.54, 1.807) is 0 Å². The highest BCUT2D eigenvalue weighted by molar-refractivity contribution is 4.70. The lowest BCUT2D eigenvalue weighted by molar-refractivity contribution is -1.03. The van der Waals surface area contributed by atoms with Gasteiger partial charge in [0.1, 0.15) is 39.3 Å². The molecule has 0 amide bonds. The van der Waals surface area contributed by atoms with Crippen molar-refractivity contribution in [3.8, 4) is 0 Å². The van der Waals surface area contributed by atoms with Gasteiger partial charge in [-0.3, -0.25) is 4.90 Å². The molecule has 0 aliphatic carbocycles. The molecule has 76 heavy (non-hydrogen) atoms. The van der Waals surface area contributed by atoms with Crippen LogP contribution in [0, 0.1) is 0 Å². The number of morpholine rings is 1. The first-order valence-electron chi connectivity index (χ1n) is 31.6. The predicted octanol–water partition coefficient (Wildman–Crippen LogP) is 12.4. The van der Waals surface area contributed by atoms with Gasteiger partial charge >= 0.3 is 0 Å². The molecule has 5 saturated heterocycles. The molecule has 0 aromatic rings. The summed E-state index contributed by atoms with van der Waals surface area (Å²) in [5.41, 5.74) is 2.85. The summed E-state index contributed by atoms with van der Waals surface area (Å²) in [6, 6.07) is 0. The zero-order valence-electron chi connectivity index (χ0n) is 59.9. The zero-order chi connectivity index (χ0) is 60.8. The van der Waals surface area contributed by atoms with Gasteiger partial charge in [0.05, 0.1) is 181 Å². The third kappa shape index (κ3) is 24.2. The SMILES string of the molecule is CC(C)(C)[N+](C)(C)C.CC(C)(C)[N+]1(C)CCCC1.CC(C)(C)[N+]1(C)CCCCC1.CC(C)(C)[N+]1(C)CCOCC1.CC(C)(C)[N+]1(C)CC[N+](C)(C)CC1.CC[N+](CC)(CC)C(C)(C)C.CN1CC[N+](C)(C(C)(C)C)CC1. The number of nitrogens with zero attached hydrogens (tertiary/aromatic N) is 9. The number of rotatable bonds is 3. The van der Waals surface area contributed by atoms with Crippen LogP contribution >= 0.6 is 0 Å². The maximum Gasteiger partial charge on any atom is 0.129 e. The molecular weight excluding hydrogens is 935 g/mol. The Labute approximate surface area is 482 Å². The fourth-order valence-electron chi connectivity index (χ4n) is 10.7. The van der Waals surface area contributed by atoms with E-state index in [1.165, 1.54) is 157 Å². The average Bonchev–Trinajstić information content (AvgIpc) is 3.71. The van der Waals surface area contributed by atoms with Crippen LogP contribution in [0.5, 0.6) is 0 Å². The molecule has 5 fully saturated rings. The van der Waals surface area contributed by atoms with Gasteiger partial charge in [0.25, 0.3) is 0 Å². The van der Waals surface area contributed by atoms with Crippen LogP contribution in [0.1, 0.15) is 198 Å². The van der Waals surface area contributed by atoms with Crippen LogP contribution in [-0.4, -0.2) is 282 Å². The highest BCUT2D eigenvalue weighted by atomic mass is 16.5. The summed E-state index contributed by atoms with van der Waals surface area (Å²) >= 11 is 0. The van der Waals surface area contributed by atoms with E-state index in [9.17, 15) is 0 Å². The molecule has 0 saturated carbocycles. The summed E-state index contributed by atoms with van der Waals surface area (Å²) in [4.78, 5) is 2.42. The third-order valence-corrected chi connectivity index (χ3v) is 22.5. The normalized spacial score (nSPS) is 22.8. The van der Waals surface area contributed by atoms with Crippen LogP contribution in [0.25, 0.3) is 0 Å². The van der Waals surface area contributed by atoms with Gasteiger partial charge in [-0.15, -0.1) is 0 Å². The van der Waals surface area contributed by atoms with E-state index in [-0.39, 0.29) is 0 Å². The second-order valence-corrected chi connectivity index (χ2v) is 34.6. The molecule has 460 valence electrons. The first kappa shape index (κ1) is 77.7. The minimum Gasteiger partial charge on any atom is -0.370 e. The van der Waals surface area contributed by atoms with Gasteiger partial charge in [-0.05, 0) is 192 Å². The zero-order valence-corrected chi connectivity index (χ0v) is 59.9. The second kappa shape index (κ2) is 29.2. The Bertz CT molecular complexity index is 1490. The Morgan fingerprint density at radius 1 is 0.342 bits per heavy atom. The minimum absolute atomic E-state index is 0.365. The monoisotopic (exact) mass is 1090 g/mol. The number of likely N-dealkylation sites (tertiary alicyclic amines) is 2. The van der Waals surface area contributed by atoms with Gasteiger partial charge in [0.2, 0.25) is 0 Å². The van der Waals surface area contributed by atoms with Crippen LogP contribution in [0.15, 0.2) is 0 Å². The first-order chi connectivity index (χ1) is 33.6. The Balaban J connectivity index is 0. The van der Waals surface area contributed by atoms with Crippen LogP contribution in [0.4, 0.5) is 0 Å². The molecule has 5 aliphatic heterocycles. The summed E-state index contributed by atoms with van der Waals surface area (Å²) in [5, 5.41) is 0. The Morgan fingerprint density at radius 3 is 0.776 bits per heavy atom. The number of hydrogen-bond donors (Lipinski definition) is 0. The third-order valence-electron chi connectivity index (χ3n) is 22.5. The highest BCUT2D eigenvalue weighted by Gasteiger charge is 2.44. The maximum atomic E-state index is 5.34. The Hall–Kier alpha value is -0.400. The molecule has 5 aliphatic rings. The maximum absolute atomic E-state index is 5.34. The second-order valence-electron chi connectivity index (χ2n) is 34.6. The number of hydrogen-bond acceptors (Lipinski definition) is 2. The van der Waals surface area contributed by atoms with E-state index in [2.05, 4.69) is 249 Å². The summed E-state index contributed by atoms with van der Waals surface area (Å²) < 4.78 is 14.9. The quantitative estimate of drug-likeness (QED) is 0.261. The van der Waals surface area contributed by atoms with Crippen molar-refractivity contribution in [1.29, 1.82) is 0 Å². The van der Waals surface area contributed by atoms with Crippen molar-refractivity contribution in [2.75, 3.05) is 202 Å².